The fraction of sp³-hybridized carbons (Fsp3) is 0.136. The monoisotopic (exact) mass is 397 g/mol. The summed E-state index contributed by atoms with van der Waals surface area (Å²) in [6, 6.07) is 21.4. The van der Waals surface area contributed by atoms with E-state index in [0.29, 0.717) is 33.7 Å². The third kappa shape index (κ3) is 5.18. The van der Waals surface area contributed by atoms with Gasteiger partial charge >= 0.3 is 0 Å². The van der Waals surface area contributed by atoms with Crippen LogP contribution in [0.4, 0.5) is 5.69 Å². The van der Waals surface area contributed by atoms with E-state index in [0.717, 1.165) is 0 Å². The molecule has 0 unspecified atom stereocenters. The van der Waals surface area contributed by atoms with Crippen molar-refractivity contribution >= 4 is 23.2 Å². The van der Waals surface area contributed by atoms with Crippen LogP contribution in [0.1, 0.15) is 6.92 Å². The summed E-state index contributed by atoms with van der Waals surface area (Å²) in [5.74, 6) is 2.10. The van der Waals surface area contributed by atoms with Crippen molar-refractivity contribution in [1.82, 2.24) is 0 Å². The molecule has 0 saturated heterocycles. The van der Waals surface area contributed by atoms with Gasteiger partial charge in [0.05, 0.1) is 12.8 Å². The molecule has 0 aromatic heterocycles. The normalized spacial score (nSPS) is 11.4. The van der Waals surface area contributed by atoms with Crippen LogP contribution in [0, 0.1) is 0 Å². The van der Waals surface area contributed by atoms with E-state index >= 15 is 0 Å². The van der Waals surface area contributed by atoms with E-state index in [2.05, 4.69) is 5.32 Å². The molecule has 0 fully saturated rings. The van der Waals surface area contributed by atoms with Gasteiger partial charge in [0.1, 0.15) is 17.2 Å². The zero-order valence-corrected chi connectivity index (χ0v) is 16.3. The van der Waals surface area contributed by atoms with Gasteiger partial charge in [0, 0.05) is 5.02 Å². The first-order valence-corrected chi connectivity index (χ1v) is 9.07. The third-order valence-corrected chi connectivity index (χ3v) is 4.15. The molecule has 0 aliphatic carbocycles. The first-order chi connectivity index (χ1) is 13.5. The lowest BCUT2D eigenvalue weighted by Gasteiger charge is -2.17. The average Bonchev–Trinajstić information content (AvgIpc) is 2.71. The Hall–Kier alpha value is -3.18. The number of amides is 1. The summed E-state index contributed by atoms with van der Waals surface area (Å²) in [6.07, 6.45) is -0.725. The van der Waals surface area contributed by atoms with Crippen molar-refractivity contribution in [3.05, 3.63) is 77.8 Å². The van der Waals surface area contributed by atoms with Crippen molar-refractivity contribution < 1.29 is 19.0 Å². The molecule has 0 saturated carbocycles. The minimum absolute atomic E-state index is 0.323. The number of rotatable bonds is 7. The van der Waals surface area contributed by atoms with Gasteiger partial charge in [-0.15, -0.1) is 0 Å². The summed E-state index contributed by atoms with van der Waals surface area (Å²) in [5, 5.41) is 3.30. The molecule has 28 heavy (non-hydrogen) atoms. The number of halogens is 1. The molecule has 5 nitrogen and oxygen atoms in total. The van der Waals surface area contributed by atoms with Crippen LogP contribution >= 0.6 is 11.6 Å². The molecule has 0 bridgehead atoms. The van der Waals surface area contributed by atoms with Crippen LogP contribution in [0.2, 0.25) is 5.02 Å². The van der Waals surface area contributed by atoms with Crippen LogP contribution in [0.3, 0.4) is 0 Å². The largest absolute Gasteiger partial charge is 0.497 e. The standard InChI is InChI=1S/C22H20ClNO4/c1-15(27-19-11-9-17(26-2)10-12-19)22(25)24-20-14-16(23)8-13-21(20)28-18-6-4-3-5-7-18/h3-15H,1-2H3,(H,24,25)/t15-/m0/s1. The fourth-order valence-electron chi connectivity index (χ4n) is 2.45. The predicted octanol–water partition coefficient (Wildman–Crippen LogP) is 5.55. The molecule has 0 spiro atoms. The average molecular weight is 398 g/mol. The second kappa shape index (κ2) is 9.15. The van der Waals surface area contributed by atoms with Crippen molar-refractivity contribution in [2.24, 2.45) is 0 Å². The van der Waals surface area contributed by atoms with E-state index < -0.39 is 6.10 Å². The van der Waals surface area contributed by atoms with E-state index in [1.54, 1.807) is 56.5 Å². The van der Waals surface area contributed by atoms with Gasteiger partial charge in [-0.3, -0.25) is 4.79 Å². The van der Waals surface area contributed by atoms with Gasteiger partial charge in [0.25, 0.3) is 5.91 Å². The SMILES string of the molecule is COc1ccc(O[C@@H](C)C(=O)Nc2cc(Cl)ccc2Oc2ccccc2)cc1. The van der Waals surface area contributed by atoms with E-state index in [4.69, 9.17) is 25.8 Å². The number of para-hydroxylation sites is 1. The van der Waals surface area contributed by atoms with Crippen LogP contribution in [-0.4, -0.2) is 19.1 Å². The van der Waals surface area contributed by atoms with E-state index in [1.165, 1.54) is 0 Å². The maximum atomic E-state index is 12.6. The minimum Gasteiger partial charge on any atom is -0.497 e. The van der Waals surface area contributed by atoms with Gasteiger partial charge in [-0.05, 0) is 61.5 Å². The molecule has 1 atom stereocenters. The van der Waals surface area contributed by atoms with Gasteiger partial charge in [-0.1, -0.05) is 29.8 Å². The molecule has 3 aromatic rings. The number of carbonyl (C=O) groups excluding carboxylic acids is 1. The number of ether oxygens (including phenoxy) is 3. The van der Waals surface area contributed by atoms with Crippen molar-refractivity contribution in [2.45, 2.75) is 13.0 Å². The maximum Gasteiger partial charge on any atom is 0.265 e. The van der Waals surface area contributed by atoms with E-state index in [9.17, 15) is 4.79 Å². The van der Waals surface area contributed by atoms with Gasteiger partial charge in [-0.2, -0.15) is 0 Å². The summed E-state index contributed by atoms with van der Waals surface area (Å²) >= 11 is 6.09. The lowest BCUT2D eigenvalue weighted by atomic mass is 10.2. The van der Waals surface area contributed by atoms with E-state index in [-0.39, 0.29) is 5.91 Å². The Bertz CT molecular complexity index is 929. The summed E-state index contributed by atoms with van der Waals surface area (Å²) in [6.45, 7) is 1.67. The molecule has 1 N–H and O–H groups in total. The predicted molar refractivity (Wildman–Crippen MR) is 110 cm³/mol. The zero-order chi connectivity index (χ0) is 19.9. The number of anilines is 1. The number of benzene rings is 3. The number of hydrogen-bond acceptors (Lipinski definition) is 4. The fourth-order valence-corrected chi connectivity index (χ4v) is 2.62. The Morgan fingerprint density at radius 3 is 2.29 bits per heavy atom. The molecule has 0 radical (unpaired) electrons. The summed E-state index contributed by atoms with van der Waals surface area (Å²) in [5.41, 5.74) is 0.464. The highest BCUT2D eigenvalue weighted by atomic mass is 35.5. The molecule has 3 aromatic carbocycles. The Balaban J connectivity index is 1.70. The first kappa shape index (κ1) is 19.6. The highest BCUT2D eigenvalue weighted by Gasteiger charge is 2.17. The van der Waals surface area contributed by atoms with Crippen molar-refractivity contribution in [2.75, 3.05) is 12.4 Å². The minimum atomic E-state index is -0.725. The molecule has 0 aliphatic rings. The molecule has 6 heteroatoms. The number of carbonyl (C=O) groups is 1. The van der Waals surface area contributed by atoms with Gasteiger partial charge in [-0.25, -0.2) is 0 Å². The van der Waals surface area contributed by atoms with Crippen LogP contribution in [0.5, 0.6) is 23.0 Å². The summed E-state index contributed by atoms with van der Waals surface area (Å²) < 4.78 is 16.7. The molecular weight excluding hydrogens is 378 g/mol. The summed E-state index contributed by atoms with van der Waals surface area (Å²) in [7, 11) is 1.59. The molecule has 1 amide bonds. The number of methoxy groups -OCH3 is 1. The second-order valence-corrected chi connectivity index (χ2v) is 6.42. The van der Waals surface area contributed by atoms with E-state index in [1.807, 2.05) is 30.3 Å². The van der Waals surface area contributed by atoms with Gasteiger partial charge in [0.15, 0.2) is 11.9 Å². The van der Waals surface area contributed by atoms with Crippen LogP contribution in [0.25, 0.3) is 0 Å². The molecule has 3 rings (SSSR count). The van der Waals surface area contributed by atoms with Crippen LogP contribution in [-0.2, 0) is 4.79 Å². The van der Waals surface area contributed by atoms with Crippen LogP contribution in [0.15, 0.2) is 72.8 Å². The first-order valence-electron chi connectivity index (χ1n) is 8.69. The summed E-state index contributed by atoms with van der Waals surface area (Å²) in [4.78, 5) is 12.6. The van der Waals surface area contributed by atoms with Crippen LogP contribution < -0.4 is 19.5 Å². The zero-order valence-electron chi connectivity index (χ0n) is 15.5. The number of hydrogen-bond donors (Lipinski definition) is 1. The molecule has 0 heterocycles. The lowest BCUT2D eigenvalue weighted by molar-refractivity contribution is -0.122. The van der Waals surface area contributed by atoms with Gasteiger partial charge in [0.2, 0.25) is 0 Å². The maximum absolute atomic E-state index is 12.6. The van der Waals surface area contributed by atoms with Crippen molar-refractivity contribution in [3.8, 4) is 23.0 Å². The van der Waals surface area contributed by atoms with Crippen molar-refractivity contribution in [3.63, 3.8) is 0 Å². The quantitative estimate of drug-likeness (QED) is 0.568. The third-order valence-electron chi connectivity index (χ3n) is 3.91. The number of nitrogens with one attached hydrogen (secondary N) is 1. The Morgan fingerprint density at radius 1 is 0.929 bits per heavy atom. The molecule has 144 valence electrons. The molecule has 0 aliphatic heterocycles. The Labute approximate surface area is 168 Å². The lowest BCUT2D eigenvalue weighted by Crippen LogP contribution is -2.30. The Kier molecular flexibility index (Phi) is 6.40. The molecular formula is C22H20ClNO4. The highest BCUT2D eigenvalue weighted by molar-refractivity contribution is 6.31. The van der Waals surface area contributed by atoms with Gasteiger partial charge < -0.3 is 19.5 Å². The topological polar surface area (TPSA) is 56.8 Å². The highest BCUT2D eigenvalue weighted by Crippen LogP contribution is 2.32. The smallest absolute Gasteiger partial charge is 0.265 e. The van der Waals surface area contributed by atoms with Crippen molar-refractivity contribution in [1.29, 1.82) is 0 Å². The Morgan fingerprint density at radius 2 is 1.61 bits per heavy atom. The second-order valence-electron chi connectivity index (χ2n) is 5.98.